The third kappa shape index (κ3) is 26.7. The molecule has 6 N–H and O–H groups in total. The number of nitro groups is 3. The Balaban J connectivity index is 0.000000193. The number of rotatable bonds is 22. The van der Waals surface area contributed by atoms with Crippen LogP contribution in [0.3, 0.4) is 0 Å². The quantitative estimate of drug-likeness (QED) is 0.0105. The second-order valence-corrected chi connectivity index (χ2v) is 33.4. The summed E-state index contributed by atoms with van der Waals surface area (Å²) in [4.78, 5) is 163. The number of hydrogen-bond acceptors (Lipinski definition) is 24. The highest BCUT2D eigenvalue weighted by Crippen LogP contribution is 2.40. The molecule has 0 spiro atoms. The van der Waals surface area contributed by atoms with Crippen LogP contribution < -0.4 is 49.8 Å². The molecule has 6 aromatic heterocycles. The van der Waals surface area contributed by atoms with E-state index in [9.17, 15) is 123 Å². The van der Waals surface area contributed by atoms with Crippen molar-refractivity contribution in [3.05, 3.63) is 339 Å². The van der Waals surface area contributed by atoms with Gasteiger partial charge in [-0.05, 0) is 179 Å². The lowest BCUT2D eigenvalue weighted by Crippen LogP contribution is -2.26. The molecule has 5 atom stereocenters. The van der Waals surface area contributed by atoms with Crippen LogP contribution in [-0.4, -0.2) is 111 Å². The van der Waals surface area contributed by atoms with Crippen molar-refractivity contribution < 1.29 is 103 Å². The predicted octanol–water partition coefficient (Wildman–Crippen LogP) is 19.2. The summed E-state index contributed by atoms with van der Waals surface area (Å²) in [6.45, 7) is 12.1. The van der Waals surface area contributed by atoms with E-state index in [1.807, 2.05) is 0 Å². The second kappa shape index (κ2) is 47.4. The Bertz CT molecular complexity index is 7650. The Morgan fingerprint density at radius 3 is 0.965 bits per heavy atom. The zero-order chi connectivity index (χ0) is 105. The van der Waals surface area contributed by atoms with Crippen LogP contribution in [0, 0.1) is 42.0 Å². The Morgan fingerprint density at radius 1 is 0.390 bits per heavy atom. The lowest BCUT2D eigenvalue weighted by atomic mass is 10.1. The van der Waals surface area contributed by atoms with E-state index in [0.29, 0.717) is 56.5 Å². The number of ether oxygens (including phenoxy) is 3. The molecule has 0 saturated heterocycles. The first-order chi connectivity index (χ1) is 66.2. The molecule has 742 valence electrons. The van der Waals surface area contributed by atoms with Crippen molar-refractivity contribution in [1.82, 2.24) is 22.8 Å². The van der Waals surface area contributed by atoms with E-state index in [1.54, 1.807) is 71.1 Å². The van der Waals surface area contributed by atoms with Crippen molar-refractivity contribution in [1.29, 1.82) is 0 Å². The summed E-state index contributed by atoms with van der Waals surface area (Å²) >= 11 is 35.6. The maximum Gasteiger partial charge on any atom is 0.419 e. The maximum atomic E-state index is 13.5. The van der Waals surface area contributed by atoms with Crippen LogP contribution >= 0.6 is 69.6 Å². The number of nitro benzene ring substituents is 3. The van der Waals surface area contributed by atoms with Gasteiger partial charge in [-0.1, -0.05) is 81.7 Å². The first kappa shape index (κ1) is 110. The van der Waals surface area contributed by atoms with Crippen molar-refractivity contribution in [3.63, 3.8) is 0 Å². The Hall–Kier alpha value is -14.5. The number of nitrogens with two attached hydrogens (primary N) is 1. The van der Waals surface area contributed by atoms with E-state index >= 15 is 0 Å². The summed E-state index contributed by atoms with van der Waals surface area (Å²) in [7, 11) is 0. The average Bonchev–Trinajstić information content (AvgIpc) is 0.792. The molecule has 6 heterocycles. The van der Waals surface area contributed by atoms with Crippen molar-refractivity contribution in [2.75, 3.05) is 49.4 Å². The number of alkyl halides is 6. The van der Waals surface area contributed by atoms with Gasteiger partial charge in [-0.15, -0.1) is 0 Å². The number of carbonyl (C=O) groups is 5. The number of halogens is 14. The molecule has 0 radical (unpaired) electrons. The van der Waals surface area contributed by atoms with Crippen LogP contribution in [0.15, 0.2) is 216 Å². The molecule has 14 aromatic rings. The fraction of sp³-hybridized carbons (Fsp3) is 0.237. The van der Waals surface area contributed by atoms with Crippen LogP contribution in [0.25, 0.3) is 64.6 Å². The van der Waals surface area contributed by atoms with Crippen LogP contribution in [0.4, 0.5) is 69.2 Å². The Labute approximate surface area is 818 Å². The van der Waals surface area contributed by atoms with Gasteiger partial charge in [0, 0.05) is 84.1 Å². The Morgan fingerprint density at radius 2 is 0.660 bits per heavy atom. The van der Waals surface area contributed by atoms with Gasteiger partial charge in [0.2, 0.25) is 11.8 Å². The normalized spacial score (nSPS) is 12.3. The van der Waals surface area contributed by atoms with Crippen LogP contribution in [0.2, 0.25) is 30.1 Å². The van der Waals surface area contributed by atoms with E-state index < -0.39 is 133 Å². The Kier molecular flexibility index (Phi) is 37.0. The number of hydrogen-bond donors (Lipinski definition) is 5. The highest BCUT2D eigenvalue weighted by molar-refractivity contribution is 6.37. The number of anilines is 3. The summed E-state index contributed by atoms with van der Waals surface area (Å²) in [6, 6.07) is 29.0. The van der Waals surface area contributed by atoms with Gasteiger partial charge < -0.3 is 68.0 Å². The fourth-order valence-electron chi connectivity index (χ4n) is 13.9. The molecule has 0 fully saturated rings. The third-order valence-corrected chi connectivity index (χ3v) is 22.9. The number of nitrogen functional groups attached to an aromatic ring is 1. The molecule has 0 aliphatic heterocycles. The van der Waals surface area contributed by atoms with E-state index in [-0.39, 0.29) is 164 Å². The third-order valence-electron chi connectivity index (χ3n) is 21.1. The number of esters is 3. The van der Waals surface area contributed by atoms with Gasteiger partial charge >= 0.3 is 35.9 Å². The summed E-state index contributed by atoms with van der Waals surface area (Å²) in [5, 5.41) is 60.2. The number of aliphatic hydroxyl groups excluding tert-OH is 2. The molecule has 141 heavy (non-hydrogen) atoms. The summed E-state index contributed by atoms with van der Waals surface area (Å²) in [5.74, 6) is -5.57. The van der Waals surface area contributed by atoms with Crippen LogP contribution in [0.1, 0.15) is 108 Å². The molecule has 48 heteroatoms. The SMILES string of the molecule is CC(=O)OC[C@@H](C)n1ccc2c(N)c(Cl)ccc2c1=O.CC(=O)OC[C@@H](C)n1ccc2c(NC(=O)Cc3ccc(F)c(C(F)(F)F)c3)c(Cl)ccc2c1=O.CC(=O)OC[C@@H](C)n1ccc2c([N+](=O)[O-])c(Cl)ccc2c1=O.C[C@H](CO)n1ccc2c(NC(=O)Cc3ccc(F)c(C(F)(F)F)c3)c(Cl)ccc2c1=O.C[C@H](CO)n1ccc2c([N+](=O)[O-])c(Cl)ccc2c1=O.O=c1occc2c([N+](=O)[O-])c(Cl)ccc12. The maximum absolute atomic E-state index is 13.5. The van der Waals surface area contributed by atoms with Gasteiger partial charge in [-0.25, -0.2) is 13.6 Å². The summed E-state index contributed by atoms with van der Waals surface area (Å²) in [5.41, 5.74) is 0.198. The van der Waals surface area contributed by atoms with Gasteiger partial charge in [0.1, 0.15) is 46.5 Å². The first-order valence-electron chi connectivity index (χ1n) is 41.2. The van der Waals surface area contributed by atoms with Gasteiger partial charge in [0.25, 0.3) is 44.9 Å². The van der Waals surface area contributed by atoms with Crippen molar-refractivity contribution in [2.45, 2.75) is 111 Å². The number of pyridine rings is 5. The van der Waals surface area contributed by atoms with E-state index in [4.69, 9.17) is 94.7 Å². The fourth-order valence-corrected chi connectivity index (χ4v) is 15.2. The van der Waals surface area contributed by atoms with Gasteiger partial charge in [0.15, 0.2) is 0 Å². The lowest BCUT2D eigenvalue weighted by Gasteiger charge is -2.17. The van der Waals surface area contributed by atoms with Crippen LogP contribution in [0.5, 0.6) is 0 Å². The lowest BCUT2D eigenvalue weighted by molar-refractivity contribution is -0.383. The van der Waals surface area contributed by atoms with E-state index in [0.717, 1.165) is 18.4 Å². The number of amides is 2. The number of aliphatic hydroxyl groups is 2. The van der Waals surface area contributed by atoms with Crippen molar-refractivity contribution >= 4 is 198 Å². The van der Waals surface area contributed by atoms with Gasteiger partial charge in [-0.3, -0.25) is 78.3 Å². The number of benzene rings is 8. The average molecular weight is 2080 g/mol. The van der Waals surface area contributed by atoms with Gasteiger partial charge in [0.05, 0.1) is 153 Å². The monoisotopic (exact) mass is 2080 g/mol. The number of carbonyl (C=O) groups excluding carboxylic acids is 5. The predicted molar refractivity (Wildman–Crippen MR) is 513 cm³/mol. The summed E-state index contributed by atoms with van der Waals surface area (Å²) in [6.07, 6.45) is -2.23. The van der Waals surface area contributed by atoms with E-state index in [2.05, 4.69) is 15.1 Å². The zero-order valence-corrected chi connectivity index (χ0v) is 79.1. The molecule has 34 nitrogen and oxygen atoms in total. The number of fused-ring (bicyclic) bond motifs is 6. The molecule has 0 unspecified atom stereocenters. The largest absolute Gasteiger partial charge is 0.464 e. The molecule has 2 amide bonds. The minimum atomic E-state index is -4.90. The highest BCUT2D eigenvalue weighted by atomic mass is 35.5. The first-order valence-corrected chi connectivity index (χ1v) is 43.5. The molecule has 0 saturated carbocycles. The van der Waals surface area contributed by atoms with Crippen molar-refractivity contribution in [3.8, 4) is 0 Å². The minimum absolute atomic E-state index is 0.00176. The minimum Gasteiger partial charge on any atom is -0.464 e. The second-order valence-electron chi connectivity index (χ2n) is 31.0. The van der Waals surface area contributed by atoms with Crippen molar-refractivity contribution in [2.24, 2.45) is 0 Å². The number of nitrogens with one attached hydrogen (secondary N) is 2. The smallest absolute Gasteiger partial charge is 0.419 e. The van der Waals surface area contributed by atoms with E-state index in [1.165, 1.54) is 147 Å². The molecule has 8 aromatic carbocycles. The standard InChI is InChI=1S/C23H19ClF4N2O4.C21H17ClF4N2O3.C14H13ClN2O5.C14H15ClN2O3.C12H11ClN2O4.C9H4ClNO4/c1-12(11-34-13(2)31)30-8-7-15-16(22(30)33)4-5-18(24)21(15)29-20(32)10-14-3-6-19(25)17(9-14)23(26,27)28;1-11(10-29)28-7-6-13-14(20(28)31)3-4-16(22)19(13)27-18(30)9-12-2-5-17(23)15(8-12)21(24,25)26;1-8(7-22-9(2)18)16-6-5-10-11(14(16)19)3-4-12(15)13(10)17(20)21;1-8(7-20-9(2)18)17-6-5-10-11(14(17)19)3-4-12(15)13(10)16;1-7(6-16)14-5-4-8-9(12(14)17)2-3-10(13)11(8)15(18)19;10-7-2-1-6-5(8(7)11(13)14)3-4-15-9(6)12/h3-9,12H,10-11H2,1-2H3,(H,29,32);2-8,11,29H,9-10H2,1H3,(H,27,30);3-6,8H,7H2,1-2H3;3-6,8H,7,16H2,1-2H3;2-5,7,16H,6H2,1H3;1-4H/t12-;11-;2*8-;7-;/m11111./s1. The zero-order valence-electron chi connectivity index (χ0n) is 74.6. The molecule has 0 aliphatic carbocycles. The highest BCUT2D eigenvalue weighted by Gasteiger charge is 2.36. The molecule has 0 bridgehead atoms. The molecular weight excluding hydrogens is 2000 g/mol. The molecule has 14 rings (SSSR count). The molecular formula is C93H79Cl6F8N11O23. The van der Waals surface area contributed by atoms with Crippen LogP contribution in [-0.2, 0) is 63.4 Å². The summed E-state index contributed by atoms with van der Waals surface area (Å²) < 4.78 is 131. The van der Waals surface area contributed by atoms with Gasteiger partial charge in [-0.2, -0.15) is 26.3 Å². The number of nitrogens with zero attached hydrogens (tertiary/aromatic N) is 8. The topological polar surface area (TPSA) is 473 Å². The number of aromatic nitrogens is 5. The molecule has 0 aliphatic rings.